The fourth-order valence-electron chi connectivity index (χ4n) is 11.8. The minimum absolute atomic E-state index is 0.193. The molecule has 0 amide bonds. The van der Waals surface area contributed by atoms with Crippen molar-refractivity contribution in [3.63, 3.8) is 0 Å². The molecule has 2 bridgehead atoms. The first kappa shape index (κ1) is 27.3. The molecule has 0 saturated heterocycles. The van der Waals surface area contributed by atoms with E-state index in [0.717, 1.165) is 0 Å². The van der Waals surface area contributed by atoms with Crippen LogP contribution in [0.5, 0.6) is 0 Å². The molecular weight excluding hydrogens is 396 g/mol. The smallest absolute Gasteiger partial charge is 0.00774 e. The van der Waals surface area contributed by atoms with Crippen LogP contribution in [0.15, 0.2) is 11.1 Å². The SMILES string of the molecule is CCC1(C)C(C)C(C)=C2C(C)C(C)C3(C)C(C)C(C)(C)C(C)C(C)(C)C3C(C)C1(C)C2(C)C. The Balaban J connectivity index is 2.51. The summed E-state index contributed by atoms with van der Waals surface area (Å²) in [7, 11) is 0. The molecule has 0 heterocycles. The topological polar surface area (TPSA) is 0 Å². The van der Waals surface area contributed by atoms with Crippen molar-refractivity contribution < 1.29 is 0 Å². The summed E-state index contributed by atoms with van der Waals surface area (Å²) in [5.74, 6) is 4.65. The molecule has 0 aliphatic heterocycles. The van der Waals surface area contributed by atoms with Gasteiger partial charge in [0.2, 0.25) is 0 Å². The minimum atomic E-state index is 0.193. The number of hydrogen-bond donors (Lipinski definition) is 0. The van der Waals surface area contributed by atoms with Crippen molar-refractivity contribution in [3.05, 3.63) is 11.1 Å². The van der Waals surface area contributed by atoms with E-state index in [9.17, 15) is 0 Å². The predicted molar refractivity (Wildman–Crippen MR) is 147 cm³/mol. The monoisotopic (exact) mass is 456 g/mol. The van der Waals surface area contributed by atoms with Gasteiger partial charge in [-0.3, -0.25) is 0 Å². The van der Waals surface area contributed by atoms with Gasteiger partial charge < -0.3 is 0 Å². The van der Waals surface area contributed by atoms with Gasteiger partial charge in [-0.2, -0.15) is 0 Å². The maximum absolute atomic E-state index is 2.73. The lowest BCUT2D eigenvalue weighted by Crippen LogP contribution is -2.70. The minimum Gasteiger partial charge on any atom is -0.0699 e. The van der Waals surface area contributed by atoms with Crippen LogP contribution in [0.25, 0.3) is 0 Å². The van der Waals surface area contributed by atoms with Crippen molar-refractivity contribution in [3.8, 4) is 0 Å². The van der Waals surface area contributed by atoms with E-state index in [1.54, 1.807) is 5.57 Å². The van der Waals surface area contributed by atoms with Crippen LogP contribution >= 0.6 is 0 Å². The zero-order valence-electron chi connectivity index (χ0n) is 25.7. The van der Waals surface area contributed by atoms with Gasteiger partial charge in [0.15, 0.2) is 0 Å². The van der Waals surface area contributed by atoms with Crippen LogP contribution in [0.3, 0.4) is 0 Å². The largest absolute Gasteiger partial charge is 0.0699 e. The quantitative estimate of drug-likeness (QED) is 0.344. The first-order valence-electron chi connectivity index (χ1n) is 14.4. The highest BCUT2D eigenvalue weighted by atomic mass is 14.8. The number of hydrogen-bond acceptors (Lipinski definition) is 0. The van der Waals surface area contributed by atoms with E-state index in [0.29, 0.717) is 63.1 Å². The van der Waals surface area contributed by atoms with Crippen LogP contribution < -0.4 is 0 Å². The molecule has 0 N–H and O–H groups in total. The molecule has 0 aromatic heterocycles. The summed E-state index contributed by atoms with van der Waals surface area (Å²) in [6.07, 6.45) is 1.26. The second-order valence-corrected chi connectivity index (χ2v) is 15.7. The molecule has 2 fully saturated rings. The Bertz CT molecular complexity index is 823. The summed E-state index contributed by atoms with van der Waals surface area (Å²) in [5.41, 5.74) is 5.17. The summed E-state index contributed by atoms with van der Waals surface area (Å²) >= 11 is 0. The Morgan fingerprint density at radius 2 is 1.15 bits per heavy atom. The van der Waals surface area contributed by atoms with Gasteiger partial charge in [0.25, 0.3) is 0 Å². The predicted octanol–water partition coefficient (Wildman–Crippen LogP) is 10.3. The van der Waals surface area contributed by atoms with E-state index in [-0.39, 0.29) is 10.8 Å². The Kier molecular flexibility index (Phi) is 6.11. The highest BCUT2D eigenvalue weighted by Crippen LogP contribution is 2.78. The Hall–Kier alpha value is -0.260. The molecule has 0 aromatic carbocycles. The van der Waals surface area contributed by atoms with Gasteiger partial charge in [0, 0.05) is 0 Å². The fraction of sp³-hybridized carbons (Fsp3) is 0.939. The summed E-state index contributed by atoms with van der Waals surface area (Å²) in [6.45, 7) is 44.6. The van der Waals surface area contributed by atoms with Crippen molar-refractivity contribution in [1.82, 2.24) is 0 Å². The molecule has 2 saturated carbocycles. The third-order valence-corrected chi connectivity index (χ3v) is 15.3. The van der Waals surface area contributed by atoms with Crippen LogP contribution in [-0.2, 0) is 0 Å². The molecule has 3 rings (SSSR count). The standard InChI is InChI=1S/C33H60/c1-18-31(15)21(4)19(2)26-20(3)22(5)32(16)25(8)28(9,10)24(7)29(11,12)27(32)23(6)33(31,17)30(26,13)14/h20-25,27H,18H2,1-17H3. The van der Waals surface area contributed by atoms with Gasteiger partial charge in [-0.25, -0.2) is 0 Å². The van der Waals surface area contributed by atoms with Crippen LogP contribution in [0, 0.1) is 73.9 Å². The Labute approximate surface area is 209 Å². The van der Waals surface area contributed by atoms with Crippen LogP contribution in [0.1, 0.15) is 124 Å². The van der Waals surface area contributed by atoms with Crippen LogP contribution in [0.4, 0.5) is 0 Å². The Morgan fingerprint density at radius 1 is 0.667 bits per heavy atom. The van der Waals surface area contributed by atoms with Gasteiger partial charge in [-0.15, -0.1) is 0 Å². The van der Waals surface area contributed by atoms with Gasteiger partial charge in [0.1, 0.15) is 0 Å². The van der Waals surface area contributed by atoms with E-state index in [1.807, 2.05) is 5.57 Å². The number of fused-ring (bicyclic) bond motifs is 3. The average Bonchev–Trinajstić information content (AvgIpc) is 2.72. The van der Waals surface area contributed by atoms with Crippen molar-refractivity contribution >= 4 is 0 Å². The molecule has 10 atom stereocenters. The lowest BCUT2D eigenvalue weighted by atomic mass is 9.29. The molecule has 10 unspecified atom stereocenters. The lowest BCUT2D eigenvalue weighted by Gasteiger charge is -2.75. The molecule has 0 nitrogen and oxygen atoms in total. The summed E-state index contributed by atoms with van der Waals surface area (Å²) in [6, 6.07) is 0. The molecule has 3 aliphatic carbocycles. The van der Waals surface area contributed by atoms with Gasteiger partial charge in [0.05, 0.1) is 0 Å². The molecule has 0 aromatic rings. The summed E-state index contributed by atoms with van der Waals surface area (Å²) in [4.78, 5) is 0. The summed E-state index contributed by atoms with van der Waals surface area (Å²) < 4.78 is 0. The molecule has 192 valence electrons. The third kappa shape index (κ3) is 2.77. The second-order valence-electron chi connectivity index (χ2n) is 15.7. The van der Waals surface area contributed by atoms with Crippen molar-refractivity contribution in [2.75, 3.05) is 0 Å². The molecule has 0 heteroatoms. The Morgan fingerprint density at radius 3 is 1.61 bits per heavy atom. The summed E-state index contributed by atoms with van der Waals surface area (Å²) in [5, 5.41) is 0. The zero-order valence-corrected chi connectivity index (χ0v) is 25.7. The van der Waals surface area contributed by atoms with Crippen molar-refractivity contribution in [2.45, 2.75) is 124 Å². The van der Waals surface area contributed by atoms with E-state index < -0.39 is 0 Å². The maximum atomic E-state index is 2.73. The van der Waals surface area contributed by atoms with Crippen molar-refractivity contribution in [1.29, 1.82) is 0 Å². The second kappa shape index (κ2) is 7.38. The first-order chi connectivity index (χ1) is 14.7. The maximum Gasteiger partial charge on any atom is -0.00774 e. The highest BCUT2D eigenvalue weighted by molar-refractivity contribution is 5.37. The molecule has 3 aliphatic rings. The molecule has 0 spiro atoms. The van der Waals surface area contributed by atoms with E-state index in [4.69, 9.17) is 0 Å². The highest BCUT2D eigenvalue weighted by Gasteiger charge is 2.72. The molecule has 33 heavy (non-hydrogen) atoms. The van der Waals surface area contributed by atoms with E-state index in [1.165, 1.54) is 6.42 Å². The van der Waals surface area contributed by atoms with Gasteiger partial charge in [-0.05, 0) is 87.3 Å². The zero-order chi connectivity index (χ0) is 25.9. The number of allylic oxidation sites excluding steroid dienone is 2. The molecule has 0 radical (unpaired) electrons. The van der Waals surface area contributed by atoms with Crippen LogP contribution in [0.2, 0.25) is 0 Å². The van der Waals surface area contributed by atoms with Crippen molar-refractivity contribution in [2.24, 2.45) is 73.9 Å². The normalized spacial score (nSPS) is 53.2. The number of rotatable bonds is 1. The molecular formula is C33H60. The lowest BCUT2D eigenvalue weighted by molar-refractivity contribution is -0.251. The van der Waals surface area contributed by atoms with Gasteiger partial charge >= 0.3 is 0 Å². The third-order valence-electron chi connectivity index (χ3n) is 15.3. The fourth-order valence-corrected chi connectivity index (χ4v) is 11.8. The first-order valence-corrected chi connectivity index (χ1v) is 14.4. The van der Waals surface area contributed by atoms with Crippen LogP contribution in [-0.4, -0.2) is 0 Å². The van der Waals surface area contributed by atoms with Gasteiger partial charge in [-0.1, -0.05) is 122 Å². The van der Waals surface area contributed by atoms with E-state index in [2.05, 4.69) is 118 Å². The average molecular weight is 457 g/mol. The van der Waals surface area contributed by atoms with E-state index >= 15 is 0 Å².